The number of hydrogen-bond donors (Lipinski definition) is 2. The Morgan fingerprint density at radius 3 is 2.61 bits per heavy atom. The van der Waals surface area contributed by atoms with Gasteiger partial charge in [0.1, 0.15) is 22.9 Å². The van der Waals surface area contributed by atoms with Crippen LogP contribution in [0.25, 0.3) is 31.7 Å². The van der Waals surface area contributed by atoms with E-state index in [1.54, 1.807) is 17.4 Å². The zero-order valence-electron chi connectivity index (χ0n) is 23.3. The number of nitrogens with zero attached hydrogens (tertiary/aromatic N) is 4. The summed E-state index contributed by atoms with van der Waals surface area (Å²) in [5.41, 5.74) is 1.30. The molecule has 0 radical (unpaired) electrons. The van der Waals surface area contributed by atoms with Crippen molar-refractivity contribution in [3.05, 3.63) is 60.5 Å². The van der Waals surface area contributed by atoms with Crippen LogP contribution < -0.4 is 15.4 Å². The maximum atomic E-state index is 12.4. The number of ether oxygens (including phenoxy) is 2. The van der Waals surface area contributed by atoms with Gasteiger partial charge in [-0.25, -0.2) is 14.8 Å². The van der Waals surface area contributed by atoms with Crippen LogP contribution in [0.3, 0.4) is 0 Å². The van der Waals surface area contributed by atoms with E-state index in [1.165, 1.54) is 0 Å². The Morgan fingerprint density at radius 2 is 1.85 bits per heavy atom. The fourth-order valence-corrected chi connectivity index (χ4v) is 5.63. The summed E-state index contributed by atoms with van der Waals surface area (Å²) >= 11 is 1.62. The van der Waals surface area contributed by atoms with Gasteiger partial charge >= 0.3 is 6.03 Å². The number of anilines is 2. The van der Waals surface area contributed by atoms with Crippen LogP contribution in [0.1, 0.15) is 26.5 Å². The molecule has 2 amide bonds. The van der Waals surface area contributed by atoms with Crippen molar-refractivity contribution in [2.45, 2.75) is 26.2 Å². The van der Waals surface area contributed by atoms with Gasteiger partial charge < -0.3 is 19.3 Å². The highest BCUT2D eigenvalue weighted by atomic mass is 32.1. The summed E-state index contributed by atoms with van der Waals surface area (Å²) in [6.07, 6.45) is 1.87. The van der Waals surface area contributed by atoms with Crippen molar-refractivity contribution in [3.63, 3.8) is 0 Å². The summed E-state index contributed by atoms with van der Waals surface area (Å²) in [5.74, 6) is 2.54. The van der Waals surface area contributed by atoms with Gasteiger partial charge in [-0.05, 0) is 42.5 Å². The van der Waals surface area contributed by atoms with Gasteiger partial charge in [0.15, 0.2) is 11.6 Å². The van der Waals surface area contributed by atoms with Gasteiger partial charge in [-0.1, -0.05) is 25.9 Å². The Kier molecular flexibility index (Phi) is 7.57. The lowest BCUT2D eigenvalue weighted by molar-refractivity contribution is 0.0322. The third-order valence-corrected chi connectivity index (χ3v) is 7.94. The maximum Gasteiger partial charge on any atom is 0.324 e. The third kappa shape index (κ3) is 6.32. The smallest absolute Gasteiger partial charge is 0.324 e. The maximum absolute atomic E-state index is 12.4. The van der Waals surface area contributed by atoms with Crippen LogP contribution in [0.5, 0.6) is 5.75 Å². The number of amides is 2. The zero-order valence-corrected chi connectivity index (χ0v) is 24.1. The molecule has 1 saturated heterocycles. The van der Waals surface area contributed by atoms with E-state index in [1.807, 2.05) is 57.3 Å². The molecule has 212 valence electrons. The number of rotatable bonds is 7. The lowest BCUT2D eigenvalue weighted by atomic mass is 9.93. The molecule has 2 aromatic carbocycles. The molecular weight excluding hydrogens is 540 g/mol. The van der Waals surface area contributed by atoms with E-state index < -0.39 is 6.03 Å². The number of carbonyl (C=O) groups excluding carboxylic acids is 1. The average Bonchev–Trinajstić information content (AvgIpc) is 3.58. The van der Waals surface area contributed by atoms with E-state index in [4.69, 9.17) is 19.0 Å². The fourth-order valence-electron chi connectivity index (χ4n) is 4.56. The zero-order chi connectivity index (χ0) is 28.4. The number of fused-ring (bicyclic) bond motifs is 3. The molecule has 5 aromatic rings. The topological polar surface area (TPSA) is 115 Å². The second-order valence-corrected chi connectivity index (χ2v) is 12.0. The minimum Gasteiger partial charge on any atom is -0.492 e. The molecule has 10 nitrogen and oxygen atoms in total. The molecule has 3 aromatic heterocycles. The van der Waals surface area contributed by atoms with E-state index in [0.29, 0.717) is 29.7 Å². The summed E-state index contributed by atoms with van der Waals surface area (Å²) in [7, 11) is 0. The quantitative estimate of drug-likeness (QED) is 0.239. The van der Waals surface area contributed by atoms with Crippen LogP contribution >= 0.6 is 11.3 Å². The van der Waals surface area contributed by atoms with Gasteiger partial charge in [-0.15, -0.1) is 11.3 Å². The van der Waals surface area contributed by atoms with Crippen molar-refractivity contribution >= 4 is 49.2 Å². The molecule has 2 N–H and O–H groups in total. The first-order chi connectivity index (χ1) is 19.8. The standard InChI is InChI=1S/C30H32N6O4S/c1-30(2,3)25-17-26(35-40-25)33-29(37)32-20-6-4-19(5-7-20)27-31-18-23-22-9-8-21(16-24(22)41-28(23)34-27)39-15-12-36-10-13-38-14-11-36/h4-9,16-18H,10-15H2,1-3H3,(H2,32,33,35,37). The second-order valence-electron chi connectivity index (χ2n) is 11.0. The Morgan fingerprint density at radius 1 is 1.05 bits per heavy atom. The number of hydrogen-bond acceptors (Lipinski definition) is 9. The summed E-state index contributed by atoms with van der Waals surface area (Å²) in [4.78, 5) is 25.2. The summed E-state index contributed by atoms with van der Waals surface area (Å²) in [6.45, 7) is 11.1. The van der Waals surface area contributed by atoms with E-state index in [9.17, 15) is 4.79 Å². The van der Waals surface area contributed by atoms with Crippen LogP contribution in [0, 0.1) is 0 Å². The minimum atomic E-state index is -0.404. The molecule has 4 heterocycles. The molecule has 0 aliphatic carbocycles. The summed E-state index contributed by atoms with van der Waals surface area (Å²) < 4.78 is 17.9. The number of urea groups is 1. The molecule has 0 bridgehead atoms. The number of benzene rings is 2. The van der Waals surface area contributed by atoms with Crippen LogP contribution in [-0.2, 0) is 10.2 Å². The van der Waals surface area contributed by atoms with Gasteiger partial charge in [-0.2, -0.15) is 0 Å². The number of nitrogens with one attached hydrogen (secondary N) is 2. The van der Waals surface area contributed by atoms with Crippen LogP contribution in [-0.4, -0.2) is 65.5 Å². The monoisotopic (exact) mass is 572 g/mol. The molecule has 1 aliphatic rings. The SMILES string of the molecule is CC(C)(C)c1cc(NC(=O)Nc2ccc(-c3ncc4c(n3)sc3cc(OCCN5CCOCC5)ccc34)cc2)no1. The molecule has 11 heteroatoms. The Labute approximate surface area is 241 Å². The first kappa shape index (κ1) is 27.1. The van der Waals surface area contributed by atoms with Crippen LogP contribution in [0.15, 0.2) is 59.3 Å². The number of thiophene rings is 1. The van der Waals surface area contributed by atoms with E-state index >= 15 is 0 Å². The molecule has 0 atom stereocenters. The van der Waals surface area contributed by atoms with Gasteiger partial charge in [-0.3, -0.25) is 10.2 Å². The minimum absolute atomic E-state index is 0.194. The van der Waals surface area contributed by atoms with Gasteiger partial charge in [0, 0.05) is 64.0 Å². The molecule has 0 unspecified atom stereocenters. The first-order valence-corrected chi connectivity index (χ1v) is 14.4. The van der Waals surface area contributed by atoms with Gasteiger partial charge in [0.05, 0.1) is 13.2 Å². The van der Waals surface area contributed by atoms with Crippen molar-refractivity contribution in [3.8, 4) is 17.1 Å². The number of morpholine rings is 1. The van der Waals surface area contributed by atoms with E-state index in [0.717, 1.165) is 64.5 Å². The van der Waals surface area contributed by atoms with Gasteiger partial charge in [0.25, 0.3) is 0 Å². The summed E-state index contributed by atoms with van der Waals surface area (Å²) in [5, 5.41) is 11.6. The molecule has 6 rings (SSSR count). The Balaban J connectivity index is 1.10. The van der Waals surface area contributed by atoms with Crippen molar-refractivity contribution in [2.75, 3.05) is 50.1 Å². The first-order valence-electron chi connectivity index (χ1n) is 13.6. The highest BCUT2D eigenvalue weighted by Crippen LogP contribution is 2.35. The highest BCUT2D eigenvalue weighted by molar-refractivity contribution is 7.25. The third-order valence-electron chi connectivity index (χ3n) is 6.88. The number of aromatic nitrogens is 3. The van der Waals surface area contributed by atoms with E-state index in [2.05, 4.69) is 37.8 Å². The van der Waals surface area contributed by atoms with Crippen molar-refractivity contribution < 1.29 is 18.8 Å². The normalized spacial score (nSPS) is 14.4. The van der Waals surface area contributed by atoms with Crippen molar-refractivity contribution in [1.29, 1.82) is 0 Å². The second kappa shape index (κ2) is 11.4. The molecule has 1 aliphatic heterocycles. The van der Waals surface area contributed by atoms with Crippen LogP contribution in [0.2, 0.25) is 0 Å². The highest BCUT2D eigenvalue weighted by Gasteiger charge is 2.20. The van der Waals surface area contributed by atoms with Crippen LogP contribution in [0.4, 0.5) is 16.3 Å². The average molecular weight is 573 g/mol. The van der Waals surface area contributed by atoms with Crippen molar-refractivity contribution in [2.24, 2.45) is 0 Å². The number of carbonyl (C=O) groups is 1. The lowest BCUT2D eigenvalue weighted by Crippen LogP contribution is -2.38. The molecule has 0 spiro atoms. The molecule has 41 heavy (non-hydrogen) atoms. The Hall–Kier alpha value is -4.06. The van der Waals surface area contributed by atoms with Crippen molar-refractivity contribution in [1.82, 2.24) is 20.0 Å². The van der Waals surface area contributed by atoms with E-state index in [-0.39, 0.29) is 5.41 Å². The molecule has 1 fully saturated rings. The fraction of sp³-hybridized carbons (Fsp3) is 0.333. The molecule has 0 saturated carbocycles. The predicted octanol–water partition coefficient (Wildman–Crippen LogP) is 6.15. The van der Waals surface area contributed by atoms with Gasteiger partial charge in [0.2, 0.25) is 0 Å². The predicted molar refractivity (Wildman–Crippen MR) is 161 cm³/mol. The Bertz CT molecular complexity index is 1670. The largest absolute Gasteiger partial charge is 0.492 e. The summed E-state index contributed by atoms with van der Waals surface area (Å²) in [6, 6.07) is 14.9. The lowest BCUT2D eigenvalue weighted by Gasteiger charge is -2.26. The molecular formula is C30H32N6O4S.